The Kier molecular flexibility index (Phi) is 7.55. The number of amides is 2. The lowest BCUT2D eigenvalue weighted by atomic mass is 9.99. The molecule has 2 N–H and O–H groups in total. The number of aryl methyl sites for hydroxylation is 2. The minimum Gasteiger partial charge on any atom is -0.342 e. The number of piperidine rings is 1. The van der Waals surface area contributed by atoms with Crippen LogP contribution in [0.1, 0.15) is 41.7 Å². The number of nitrogens with one attached hydrogen (secondary N) is 2. The van der Waals surface area contributed by atoms with Crippen LogP contribution in [0.4, 0.5) is 5.69 Å². The van der Waals surface area contributed by atoms with Gasteiger partial charge in [-0.05, 0) is 62.5 Å². The molecule has 2 amide bonds. The van der Waals surface area contributed by atoms with E-state index in [4.69, 9.17) is 0 Å². The molecule has 0 unspecified atom stereocenters. The number of hydrogen-bond donors (Lipinski definition) is 2. The summed E-state index contributed by atoms with van der Waals surface area (Å²) in [6.45, 7) is 6.00. The number of hydrogen-bond acceptors (Lipinski definition) is 5. The van der Waals surface area contributed by atoms with Crippen LogP contribution in [0.5, 0.6) is 0 Å². The van der Waals surface area contributed by atoms with E-state index in [0.717, 1.165) is 31.1 Å². The van der Waals surface area contributed by atoms with E-state index in [1.807, 2.05) is 12.1 Å². The highest BCUT2D eigenvalue weighted by atomic mass is 16.2. The van der Waals surface area contributed by atoms with Crippen molar-refractivity contribution in [1.82, 2.24) is 24.9 Å². The van der Waals surface area contributed by atoms with Crippen molar-refractivity contribution in [1.29, 1.82) is 0 Å². The summed E-state index contributed by atoms with van der Waals surface area (Å²) >= 11 is 0. The van der Waals surface area contributed by atoms with Crippen molar-refractivity contribution >= 4 is 17.5 Å². The number of nitrogens with zero attached hydrogens (tertiary/aromatic N) is 4. The summed E-state index contributed by atoms with van der Waals surface area (Å²) in [6.07, 6.45) is 7.85. The fourth-order valence-corrected chi connectivity index (χ4v) is 4.74. The lowest BCUT2D eigenvalue weighted by Crippen LogP contribution is -2.54. The molecule has 4 rings (SSSR count). The molecular weight excluding hydrogens is 404 g/mol. The molecular formula is C24H34N6O2. The Bertz CT molecular complexity index is 909. The Balaban J connectivity index is 1.15. The zero-order valence-corrected chi connectivity index (χ0v) is 18.9. The second-order valence-corrected chi connectivity index (χ2v) is 8.86. The third-order valence-corrected chi connectivity index (χ3v) is 6.56. The van der Waals surface area contributed by atoms with E-state index in [1.54, 1.807) is 19.3 Å². The van der Waals surface area contributed by atoms with Crippen LogP contribution in [-0.4, -0.2) is 76.7 Å². The van der Waals surface area contributed by atoms with E-state index in [-0.39, 0.29) is 18.4 Å². The van der Waals surface area contributed by atoms with Gasteiger partial charge in [0.2, 0.25) is 5.91 Å². The number of carbonyl (C=O) groups is 2. The van der Waals surface area contributed by atoms with Crippen LogP contribution in [0.3, 0.4) is 0 Å². The third kappa shape index (κ3) is 5.95. The van der Waals surface area contributed by atoms with Gasteiger partial charge in [-0.2, -0.15) is 5.10 Å². The number of piperazine rings is 1. The lowest BCUT2D eigenvalue weighted by molar-refractivity contribution is -0.115. The van der Waals surface area contributed by atoms with Gasteiger partial charge in [0.05, 0.1) is 6.54 Å². The van der Waals surface area contributed by atoms with Crippen molar-refractivity contribution in [2.24, 2.45) is 7.05 Å². The Morgan fingerprint density at radius 1 is 1.09 bits per heavy atom. The fraction of sp³-hybridized carbons (Fsp3) is 0.542. The minimum atomic E-state index is -0.319. The van der Waals surface area contributed by atoms with E-state index in [1.165, 1.54) is 55.7 Å². The number of benzene rings is 1. The molecule has 1 aromatic carbocycles. The van der Waals surface area contributed by atoms with Crippen LogP contribution >= 0.6 is 0 Å². The second-order valence-electron chi connectivity index (χ2n) is 8.86. The summed E-state index contributed by atoms with van der Waals surface area (Å²) in [4.78, 5) is 29.5. The van der Waals surface area contributed by atoms with Crippen molar-refractivity contribution in [3.8, 4) is 0 Å². The molecule has 1 aromatic heterocycles. The average molecular weight is 439 g/mol. The van der Waals surface area contributed by atoms with E-state index in [2.05, 4.69) is 37.7 Å². The number of anilines is 1. The molecule has 0 radical (unpaired) electrons. The van der Waals surface area contributed by atoms with Crippen LogP contribution in [0.15, 0.2) is 36.5 Å². The van der Waals surface area contributed by atoms with Crippen molar-refractivity contribution in [2.45, 2.75) is 38.1 Å². The van der Waals surface area contributed by atoms with E-state index >= 15 is 0 Å². The summed E-state index contributed by atoms with van der Waals surface area (Å²) in [5.41, 5.74) is 2.44. The highest BCUT2D eigenvalue weighted by Crippen LogP contribution is 2.21. The Morgan fingerprint density at radius 3 is 2.72 bits per heavy atom. The van der Waals surface area contributed by atoms with Crippen LogP contribution in [0.2, 0.25) is 0 Å². The van der Waals surface area contributed by atoms with Gasteiger partial charge < -0.3 is 15.5 Å². The fourth-order valence-electron chi connectivity index (χ4n) is 4.74. The average Bonchev–Trinajstić information content (AvgIpc) is 3.24. The van der Waals surface area contributed by atoms with Crippen LogP contribution in [-0.2, 0) is 18.3 Å². The minimum absolute atomic E-state index is 0.0833. The molecule has 8 heteroatoms. The van der Waals surface area contributed by atoms with Gasteiger partial charge in [0, 0.05) is 44.6 Å². The summed E-state index contributed by atoms with van der Waals surface area (Å²) in [5.74, 6) is -0.574. The molecule has 3 heterocycles. The van der Waals surface area contributed by atoms with Crippen LogP contribution in [0.25, 0.3) is 0 Å². The highest BCUT2D eigenvalue weighted by molar-refractivity contribution is 5.98. The van der Waals surface area contributed by atoms with Crippen molar-refractivity contribution in [2.75, 3.05) is 44.6 Å². The molecule has 172 valence electrons. The van der Waals surface area contributed by atoms with Gasteiger partial charge in [0.1, 0.15) is 5.69 Å². The monoisotopic (exact) mass is 438 g/mol. The summed E-state index contributed by atoms with van der Waals surface area (Å²) in [5, 5.41) is 9.40. The zero-order valence-electron chi connectivity index (χ0n) is 18.9. The number of aromatic nitrogens is 2. The maximum absolute atomic E-state index is 12.1. The lowest BCUT2D eigenvalue weighted by Gasteiger charge is -2.44. The van der Waals surface area contributed by atoms with Crippen molar-refractivity contribution < 1.29 is 9.59 Å². The second kappa shape index (κ2) is 10.7. The summed E-state index contributed by atoms with van der Waals surface area (Å²) in [6, 6.07) is 10.4. The van der Waals surface area contributed by atoms with Gasteiger partial charge in [-0.15, -0.1) is 0 Å². The Labute approximate surface area is 190 Å². The molecule has 0 spiro atoms. The first-order valence-electron chi connectivity index (χ1n) is 11.7. The zero-order chi connectivity index (χ0) is 22.3. The van der Waals surface area contributed by atoms with Gasteiger partial charge in [0.25, 0.3) is 5.91 Å². The molecule has 8 nitrogen and oxygen atoms in total. The van der Waals surface area contributed by atoms with Gasteiger partial charge in [-0.3, -0.25) is 19.2 Å². The molecule has 0 bridgehead atoms. The smallest absolute Gasteiger partial charge is 0.269 e. The number of rotatable bonds is 8. The molecule has 2 saturated heterocycles. The molecule has 32 heavy (non-hydrogen) atoms. The summed E-state index contributed by atoms with van der Waals surface area (Å²) in [7, 11) is 1.69. The Morgan fingerprint density at radius 2 is 1.94 bits per heavy atom. The van der Waals surface area contributed by atoms with Crippen LogP contribution < -0.4 is 10.6 Å². The maximum atomic E-state index is 12.1. The molecule has 2 fully saturated rings. The van der Waals surface area contributed by atoms with E-state index < -0.39 is 0 Å². The van der Waals surface area contributed by atoms with E-state index in [0.29, 0.717) is 5.69 Å². The first-order valence-corrected chi connectivity index (χ1v) is 11.7. The molecule has 1 atom stereocenters. The largest absolute Gasteiger partial charge is 0.342 e. The SMILES string of the molecule is Cn1nccc1C(=O)NCC(=O)Nc1ccc(CCCN2CCN3CCCC[C@H]3C2)cc1. The predicted molar refractivity (Wildman–Crippen MR) is 125 cm³/mol. The Hall–Kier alpha value is -2.71. The predicted octanol–water partition coefficient (Wildman–Crippen LogP) is 1.89. The quantitative estimate of drug-likeness (QED) is 0.658. The topological polar surface area (TPSA) is 82.5 Å². The highest BCUT2D eigenvalue weighted by Gasteiger charge is 2.28. The van der Waals surface area contributed by atoms with E-state index in [9.17, 15) is 9.59 Å². The number of fused-ring (bicyclic) bond motifs is 1. The van der Waals surface area contributed by atoms with Crippen molar-refractivity contribution in [3.63, 3.8) is 0 Å². The van der Waals surface area contributed by atoms with Gasteiger partial charge in [-0.25, -0.2) is 0 Å². The van der Waals surface area contributed by atoms with Crippen LogP contribution in [0, 0.1) is 0 Å². The van der Waals surface area contributed by atoms with Gasteiger partial charge >= 0.3 is 0 Å². The third-order valence-electron chi connectivity index (χ3n) is 6.56. The standard InChI is InChI=1S/C24H34N6O2/c1-28-22(11-12-26-28)24(32)25-17-23(31)27-20-9-7-19(8-10-20)5-4-13-29-15-16-30-14-3-2-6-21(30)18-29/h7-12,21H,2-6,13-18H2,1H3,(H,25,32)(H,27,31)/t21-/m0/s1. The maximum Gasteiger partial charge on any atom is 0.269 e. The first kappa shape index (κ1) is 22.5. The normalized spacial score (nSPS) is 19.3. The number of carbonyl (C=O) groups excluding carboxylic acids is 2. The molecule has 0 saturated carbocycles. The molecule has 2 aliphatic rings. The molecule has 2 aliphatic heterocycles. The molecule has 0 aliphatic carbocycles. The first-order chi connectivity index (χ1) is 15.6. The van der Waals surface area contributed by atoms with Gasteiger partial charge in [0.15, 0.2) is 0 Å². The molecule has 2 aromatic rings. The van der Waals surface area contributed by atoms with Crippen molar-refractivity contribution in [3.05, 3.63) is 47.8 Å². The summed E-state index contributed by atoms with van der Waals surface area (Å²) < 4.78 is 1.47. The van der Waals surface area contributed by atoms with Gasteiger partial charge in [-0.1, -0.05) is 18.6 Å².